The first kappa shape index (κ1) is 21.6. The SMILES string of the molecule is CC(C)(C)OC(=O)N1CCN(C2CN(c3ccc([C@H]4CCC(=O)NC4=O)cc3)C2)CC1. The van der Waals surface area contributed by atoms with Gasteiger partial charge in [0.25, 0.3) is 0 Å². The van der Waals surface area contributed by atoms with E-state index in [9.17, 15) is 14.4 Å². The van der Waals surface area contributed by atoms with Crippen LogP contribution in [0, 0.1) is 0 Å². The molecule has 4 rings (SSSR count). The largest absolute Gasteiger partial charge is 0.444 e. The van der Waals surface area contributed by atoms with Crippen molar-refractivity contribution in [2.45, 2.75) is 51.2 Å². The van der Waals surface area contributed by atoms with Crippen LogP contribution in [0.1, 0.15) is 45.1 Å². The summed E-state index contributed by atoms with van der Waals surface area (Å²) in [6.45, 7) is 10.7. The molecule has 1 N–H and O–H groups in total. The van der Waals surface area contributed by atoms with Crippen molar-refractivity contribution < 1.29 is 19.1 Å². The number of carbonyl (C=O) groups is 3. The number of nitrogens with one attached hydrogen (secondary N) is 1. The lowest BCUT2D eigenvalue weighted by Crippen LogP contribution is -2.63. The normalized spacial score (nSPS) is 23.4. The van der Waals surface area contributed by atoms with Crippen molar-refractivity contribution >= 4 is 23.6 Å². The number of piperidine rings is 1. The molecule has 3 aliphatic heterocycles. The highest BCUT2D eigenvalue weighted by Gasteiger charge is 2.35. The first-order chi connectivity index (χ1) is 14.7. The van der Waals surface area contributed by atoms with Crippen molar-refractivity contribution in [3.63, 3.8) is 0 Å². The fraction of sp³-hybridized carbons (Fsp3) is 0.609. The molecule has 0 aliphatic carbocycles. The Morgan fingerprint density at radius 1 is 1.03 bits per heavy atom. The van der Waals surface area contributed by atoms with E-state index in [0.717, 1.165) is 37.4 Å². The highest BCUT2D eigenvalue weighted by atomic mass is 16.6. The molecule has 31 heavy (non-hydrogen) atoms. The molecule has 0 spiro atoms. The van der Waals surface area contributed by atoms with Gasteiger partial charge in [-0.15, -0.1) is 0 Å². The first-order valence-corrected chi connectivity index (χ1v) is 11.1. The zero-order valence-corrected chi connectivity index (χ0v) is 18.6. The van der Waals surface area contributed by atoms with Crippen molar-refractivity contribution in [2.24, 2.45) is 0 Å². The number of carbonyl (C=O) groups excluding carboxylic acids is 3. The third-order valence-electron chi connectivity index (χ3n) is 6.24. The van der Waals surface area contributed by atoms with E-state index < -0.39 is 5.60 Å². The summed E-state index contributed by atoms with van der Waals surface area (Å²) in [5, 5.41) is 2.42. The van der Waals surface area contributed by atoms with Crippen molar-refractivity contribution in [3.8, 4) is 0 Å². The first-order valence-electron chi connectivity index (χ1n) is 11.1. The standard InChI is InChI=1S/C23H32N4O4/c1-23(2,3)31-22(30)26-12-10-25(11-13-26)18-14-27(15-18)17-6-4-16(5-7-17)19-8-9-20(28)24-21(19)29/h4-7,18-19H,8-15H2,1-3H3,(H,24,28,29)/t19-/m1/s1. The van der Waals surface area contributed by atoms with Crippen LogP contribution in [-0.4, -0.2) is 78.6 Å². The van der Waals surface area contributed by atoms with Gasteiger partial charge in [0.05, 0.1) is 5.92 Å². The second-order valence-electron chi connectivity index (χ2n) is 9.66. The van der Waals surface area contributed by atoms with E-state index in [1.807, 2.05) is 32.9 Å². The average Bonchev–Trinajstić information content (AvgIpc) is 2.67. The van der Waals surface area contributed by atoms with Crippen molar-refractivity contribution in [2.75, 3.05) is 44.2 Å². The number of benzene rings is 1. The Hall–Kier alpha value is -2.61. The maximum atomic E-state index is 12.2. The Morgan fingerprint density at radius 2 is 1.68 bits per heavy atom. The Labute approximate surface area is 183 Å². The van der Waals surface area contributed by atoms with Gasteiger partial charge < -0.3 is 14.5 Å². The second-order valence-corrected chi connectivity index (χ2v) is 9.66. The molecular formula is C23H32N4O4. The lowest BCUT2D eigenvalue weighted by atomic mass is 9.90. The minimum absolute atomic E-state index is 0.184. The average molecular weight is 429 g/mol. The Kier molecular flexibility index (Phi) is 5.92. The van der Waals surface area contributed by atoms with Crippen molar-refractivity contribution in [1.82, 2.24) is 15.1 Å². The fourth-order valence-electron chi connectivity index (χ4n) is 4.42. The second kappa shape index (κ2) is 8.49. The number of anilines is 1. The predicted octanol–water partition coefficient (Wildman–Crippen LogP) is 1.95. The predicted molar refractivity (Wildman–Crippen MR) is 117 cm³/mol. The molecule has 8 nitrogen and oxygen atoms in total. The lowest BCUT2D eigenvalue weighted by Gasteiger charge is -2.49. The van der Waals surface area contributed by atoms with Crippen molar-refractivity contribution in [1.29, 1.82) is 0 Å². The molecule has 1 aromatic carbocycles. The van der Waals surface area contributed by atoms with Gasteiger partial charge in [0.2, 0.25) is 11.8 Å². The molecule has 0 aromatic heterocycles. The number of imide groups is 1. The summed E-state index contributed by atoms with van der Waals surface area (Å²) in [5.41, 5.74) is 1.65. The van der Waals surface area contributed by atoms with Crippen LogP contribution in [0.4, 0.5) is 10.5 Å². The molecule has 1 atom stereocenters. The number of piperazine rings is 1. The molecule has 0 unspecified atom stereocenters. The van der Waals surface area contributed by atoms with Crippen LogP contribution in [0.2, 0.25) is 0 Å². The third kappa shape index (κ3) is 5.01. The summed E-state index contributed by atoms with van der Waals surface area (Å²) in [6.07, 6.45) is 0.747. The summed E-state index contributed by atoms with van der Waals surface area (Å²) < 4.78 is 5.47. The van der Waals surface area contributed by atoms with E-state index in [4.69, 9.17) is 4.74 Å². The van der Waals surface area contributed by atoms with Crippen LogP contribution in [0.3, 0.4) is 0 Å². The Morgan fingerprint density at radius 3 is 2.26 bits per heavy atom. The lowest BCUT2D eigenvalue weighted by molar-refractivity contribution is -0.134. The zero-order chi connectivity index (χ0) is 22.2. The van der Waals surface area contributed by atoms with Gasteiger partial charge in [0.1, 0.15) is 5.60 Å². The van der Waals surface area contributed by atoms with E-state index in [0.29, 0.717) is 32.0 Å². The molecule has 1 aromatic rings. The maximum absolute atomic E-state index is 12.2. The van der Waals surface area contributed by atoms with Gasteiger partial charge in [-0.3, -0.25) is 19.8 Å². The summed E-state index contributed by atoms with van der Waals surface area (Å²) >= 11 is 0. The van der Waals surface area contributed by atoms with Gasteiger partial charge in [-0.1, -0.05) is 12.1 Å². The molecular weight excluding hydrogens is 396 g/mol. The van der Waals surface area contributed by atoms with Crippen LogP contribution in [0.25, 0.3) is 0 Å². The van der Waals surface area contributed by atoms with Crippen LogP contribution in [-0.2, 0) is 14.3 Å². The molecule has 8 heteroatoms. The van der Waals surface area contributed by atoms with Gasteiger partial charge in [0.15, 0.2) is 0 Å². The molecule has 168 valence electrons. The molecule has 3 fully saturated rings. The molecule has 3 amide bonds. The van der Waals surface area contributed by atoms with Gasteiger partial charge in [-0.05, 0) is 44.9 Å². The van der Waals surface area contributed by atoms with Gasteiger partial charge in [-0.2, -0.15) is 0 Å². The maximum Gasteiger partial charge on any atom is 0.410 e. The third-order valence-corrected chi connectivity index (χ3v) is 6.24. The fourth-order valence-corrected chi connectivity index (χ4v) is 4.42. The Bertz CT molecular complexity index is 834. The molecule has 3 aliphatic rings. The van der Waals surface area contributed by atoms with E-state index in [1.165, 1.54) is 0 Å². The minimum Gasteiger partial charge on any atom is -0.444 e. The topological polar surface area (TPSA) is 82.2 Å². The molecule has 3 saturated heterocycles. The summed E-state index contributed by atoms with van der Waals surface area (Å²) in [6, 6.07) is 8.63. The highest BCUT2D eigenvalue weighted by molar-refractivity contribution is 6.00. The highest BCUT2D eigenvalue weighted by Crippen LogP contribution is 2.29. The monoisotopic (exact) mass is 428 g/mol. The van der Waals surface area contributed by atoms with Gasteiger partial charge in [0, 0.05) is 57.4 Å². The van der Waals surface area contributed by atoms with E-state index >= 15 is 0 Å². The summed E-state index contributed by atoms with van der Waals surface area (Å²) in [4.78, 5) is 42.2. The smallest absolute Gasteiger partial charge is 0.410 e. The molecule has 3 heterocycles. The van der Waals surface area contributed by atoms with Gasteiger partial charge >= 0.3 is 6.09 Å². The van der Waals surface area contributed by atoms with Crippen LogP contribution in [0.5, 0.6) is 0 Å². The number of nitrogens with zero attached hydrogens (tertiary/aromatic N) is 3. The zero-order valence-electron chi connectivity index (χ0n) is 18.6. The number of rotatable bonds is 3. The summed E-state index contributed by atoms with van der Waals surface area (Å²) in [7, 11) is 0. The molecule has 0 radical (unpaired) electrons. The van der Waals surface area contributed by atoms with Crippen molar-refractivity contribution in [3.05, 3.63) is 29.8 Å². The minimum atomic E-state index is -0.462. The quantitative estimate of drug-likeness (QED) is 0.741. The Balaban J connectivity index is 1.24. The van der Waals surface area contributed by atoms with E-state index in [1.54, 1.807) is 4.90 Å². The number of hydrogen-bond acceptors (Lipinski definition) is 6. The number of ether oxygens (including phenoxy) is 1. The van der Waals surface area contributed by atoms with Crippen LogP contribution in [0.15, 0.2) is 24.3 Å². The number of amides is 3. The van der Waals surface area contributed by atoms with Crippen LogP contribution >= 0.6 is 0 Å². The van der Waals surface area contributed by atoms with E-state index in [2.05, 4.69) is 27.2 Å². The molecule has 0 saturated carbocycles. The van der Waals surface area contributed by atoms with Crippen LogP contribution < -0.4 is 10.2 Å². The molecule has 0 bridgehead atoms. The summed E-state index contributed by atoms with van der Waals surface area (Å²) in [5.74, 6) is -0.618. The van der Waals surface area contributed by atoms with Gasteiger partial charge in [-0.25, -0.2) is 4.79 Å². The number of hydrogen-bond donors (Lipinski definition) is 1. The van der Waals surface area contributed by atoms with E-state index in [-0.39, 0.29) is 23.8 Å².